The molecule has 0 spiro atoms. The number of hydrogen-bond donors (Lipinski definition) is 1. The van der Waals surface area contributed by atoms with E-state index in [1.165, 1.54) is 4.88 Å². The van der Waals surface area contributed by atoms with Crippen LogP contribution in [-0.2, 0) is 0 Å². The minimum atomic E-state index is -0.204. The van der Waals surface area contributed by atoms with Crippen molar-refractivity contribution in [2.75, 3.05) is 5.32 Å². The van der Waals surface area contributed by atoms with Crippen molar-refractivity contribution in [3.8, 4) is 0 Å². The Bertz CT molecular complexity index is 524. The van der Waals surface area contributed by atoms with Gasteiger partial charge in [0.25, 0.3) is 0 Å². The van der Waals surface area contributed by atoms with E-state index in [2.05, 4.69) is 21.2 Å². The maximum absolute atomic E-state index is 13.7. The standard InChI is InChI=1S/C13H13BrFNS/c1-8-3-4-12(11(15)7-8)16-9(2)13-10(14)5-6-17-13/h3-7,9,16H,1-2H3. The molecule has 1 atom stereocenters. The quantitative estimate of drug-likeness (QED) is 0.828. The van der Waals surface area contributed by atoms with Crippen LogP contribution in [0.4, 0.5) is 10.1 Å². The molecule has 0 bridgehead atoms. The lowest BCUT2D eigenvalue weighted by atomic mass is 10.2. The van der Waals surface area contributed by atoms with Gasteiger partial charge in [-0.05, 0) is 58.9 Å². The second kappa shape index (κ2) is 5.19. The minimum absolute atomic E-state index is 0.0848. The Morgan fingerprint density at radius 2 is 2.12 bits per heavy atom. The lowest BCUT2D eigenvalue weighted by Crippen LogP contribution is -2.07. The summed E-state index contributed by atoms with van der Waals surface area (Å²) < 4.78 is 14.7. The Morgan fingerprint density at radius 1 is 1.35 bits per heavy atom. The third kappa shape index (κ3) is 2.87. The molecule has 90 valence electrons. The van der Waals surface area contributed by atoms with E-state index in [0.717, 1.165) is 10.0 Å². The first-order valence-corrected chi connectivity index (χ1v) is 7.01. The molecule has 0 amide bonds. The van der Waals surface area contributed by atoms with Crippen LogP contribution in [-0.4, -0.2) is 0 Å². The van der Waals surface area contributed by atoms with Gasteiger partial charge in [-0.3, -0.25) is 0 Å². The summed E-state index contributed by atoms with van der Waals surface area (Å²) in [6.07, 6.45) is 0. The zero-order valence-corrected chi connectivity index (χ0v) is 12.0. The molecule has 2 aromatic rings. The first kappa shape index (κ1) is 12.6. The number of hydrogen-bond acceptors (Lipinski definition) is 2. The van der Waals surface area contributed by atoms with E-state index < -0.39 is 0 Å². The molecule has 4 heteroatoms. The molecule has 1 aromatic heterocycles. The molecule has 0 fully saturated rings. The highest BCUT2D eigenvalue weighted by Crippen LogP contribution is 2.31. The zero-order chi connectivity index (χ0) is 12.4. The van der Waals surface area contributed by atoms with Crippen molar-refractivity contribution >= 4 is 33.0 Å². The van der Waals surface area contributed by atoms with Crippen molar-refractivity contribution in [2.45, 2.75) is 19.9 Å². The van der Waals surface area contributed by atoms with Crippen molar-refractivity contribution < 1.29 is 4.39 Å². The molecule has 2 rings (SSSR count). The number of aryl methyl sites for hydroxylation is 1. The molecule has 1 heterocycles. The van der Waals surface area contributed by atoms with Gasteiger partial charge in [0.1, 0.15) is 5.82 Å². The second-order valence-corrected chi connectivity index (χ2v) is 5.78. The third-order valence-electron chi connectivity index (χ3n) is 2.53. The predicted molar refractivity (Wildman–Crippen MR) is 75.2 cm³/mol. The van der Waals surface area contributed by atoms with E-state index in [4.69, 9.17) is 0 Å². The van der Waals surface area contributed by atoms with E-state index in [-0.39, 0.29) is 11.9 Å². The van der Waals surface area contributed by atoms with Crippen LogP contribution in [0.25, 0.3) is 0 Å². The van der Waals surface area contributed by atoms with Gasteiger partial charge in [-0.25, -0.2) is 4.39 Å². The Hall–Kier alpha value is -0.870. The lowest BCUT2D eigenvalue weighted by Gasteiger charge is -2.15. The average Bonchev–Trinajstić information content (AvgIpc) is 2.68. The highest BCUT2D eigenvalue weighted by atomic mass is 79.9. The topological polar surface area (TPSA) is 12.0 Å². The van der Waals surface area contributed by atoms with E-state index in [0.29, 0.717) is 5.69 Å². The maximum Gasteiger partial charge on any atom is 0.146 e. The van der Waals surface area contributed by atoms with Gasteiger partial charge in [-0.1, -0.05) is 6.07 Å². The SMILES string of the molecule is Cc1ccc(NC(C)c2sccc2Br)c(F)c1. The first-order chi connectivity index (χ1) is 8.08. The summed E-state index contributed by atoms with van der Waals surface area (Å²) in [4.78, 5) is 1.17. The van der Waals surface area contributed by atoms with Gasteiger partial charge in [0, 0.05) is 9.35 Å². The van der Waals surface area contributed by atoms with E-state index in [9.17, 15) is 4.39 Å². The van der Waals surface area contributed by atoms with Gasteiger partial charge in [-0.15, -0.1) is 11.3 Å². The molecule has 0 aliphatic rings. The van der Waals surface area contributed by atoms with Crippen molar-refractivity contribution in [1.82, 2.24) is 0 Å². The average molecular weight is 314 g/mol. The largest absolute Gasteiger partial charge is 0.375 e. The molecule has 0 radical (unpaired) electrons. The molecular formula is C13H13BrFNS. The summed E-state index contributed by atoms with van der Waals surface area (Å²) in [7, 11) is 0. The van der Waals surface area contributed by atoms with Crippen LogP contribution in [0.3, 0.4) is 0 Å². The summed E-state index contributed by atoms with van der Waals surface area (Å²) >= 11 is 5.14. The highest BCUT2D eigenvalue weighted by Gasteiger charge is 2.12. The normalized spacial score (nSPS) is 12.5. The smallest absolute Gasteiger partial charge is 0.146 e. The zero-order valence-electron chi connectivity index (χ0n) is 9.63. The van der Waals surface area contributed by atoms with Crippen molar-refractivity contribution in [3.05, 3.63) is 50.4 Å². The van der Waals surface area contributed by atoms with Crippen LogP contribution in [0.5, 0.6) is 0 Å². The number of rotatable bonds is 3. The number of thiophene rings is 1. The molecule has 1 N–H and O–H groups in total. The molecule has 0 aliphatic heterocycles. The van der Waals surface area contributed by atoms with Crippen LogP contribution in [0.1, 0.15) is 23.4 Å². The molecule has 1 nitrogen and oxygen atoms in total. The van der Waals surface area contributed by atoms with Crippen molar-refractivity contribution in [1.29, 1.82) is 0 Å². The number of halogens is 2. The summed E-state index contributed by atoms with van der Waals surface area (Å²) in [5.74, 6) is -0.204. The van der Waals surface area contributed by atoms with Crippen LogP contribution >= 0.6 is 27.3 Å². The minimum Gasteiger partial charge on any atom is -0.375 e. The first-order valence-electron chi connectivity index (χ1n) is 5.33. The van der Waals surface area contributed by atoms with Crippen LogP contribution in [0, 0.1) is 12.7 Å². The summed E-state index contributed by atoms with van der Waals surface area (Å²) in [5.41, 5.74) is 1.47. The van der Waals surface area contributed by atoms with Gasteiger partial charge < -0.3 is 5.32 Å². The Balaban J connectivity index is 2.19. The fourth-order valence-corrected chi connectivity index (χ4v) is 3.38. The van der Waals surface area contributed by atoms with Gasteiger partial charge in [0.2, 0.25) is 0 Å². The van der Waals surface area contributed by atoms with Crippen molar-refractivity contribution in [2.24, 2.45) is 0 Å². The number of anilines is 1. The van der Waals surface area contributed by atoms with Gasteiger partial charge in [0.15, 0.2) is 0 Å². The summed E-state index contributed by atoms with van der Waals surface area (Å²) in [5, 5.41) is 5.20. The monoisotopic (exact) mass is 313 g/mol. The van der Waals surface area contributed by atoms with Crippen molar-refractivity contribution in [3.63, 3.8) is 0 Å². The Kier molecular flexibility index (Phi) is 3.84. The van der Waals surface area contributed by atoms with Gasteiger partial charge >= 0.3 is 0 Å². The predicted octanol–water partition coefficient (Wildman–Crippen LogP) is 5.13. The van der Waals surface area contributed by atoms with E-state index >= 15 is 0 Å². The molecule has 17 heavy (non-hydrogen) atoms. The maximum atomic E-state index is 13.7. The second-order valence-electron chi connectivity index (χ2n) is 3.98. The Morgan fingerprint density at radius 3 is 2.71 bits per heavy atom. The number of benzene rings is 1. The summed E-state index contributed by atoms with van der Waals surface area (Å²) in [6.45, 7) is 3.90. The third-order valence-corrected chi connectivity index (χ3v) is 4.59. The summed E-state index contributed by atoms with van der Waals surface area (Å²) in [6, 6.07) is 7.31. The molecule has 0 saturated heterocycles. The van der Waals surface area contributed by atoms with Gasteiger partial charge in [0.05, 0.1) is 11.7 Å². The molecule has 0 aliphatic carbocycles. The van der Waals surface area contributed by atoms with Crippen LogP contribution in [0.2, 0.25) is 0 Å². The van der Waals surface area contributed by atoms with Gasteiger partial charge in [-0.2, -0.15) is 0 Å². The van der Waals surface area contributed by atoms with E-state index in [1.807, 2.05) is 31.4 Å². The molecule has 0 saturated carbocycles. The highest BCUT2D eigenvalue weighted by molar-refractivity contribution is 9.10. The molecular weight excluding hydrogens is 301 g/mol. The molecule has 1 aromatic carbocycles. The van der Waals surface area contributed by atoms with Crippen LogP contribution < -0.4 is 5.32 Å². The lowest BCUT2D eigenvalue weighted by molar-refractivity contribution is 0.626. The Labute approximate surface area is 113 Å². The number of nitrogens with one attached hydrogen (secondary N) is 1. The van der Waals surface area contributed by atoms with E-state index in [1.54, 1.807) is 23.5 Å². The molecule has 1 unspecified atom stereocenters. The van der Waals surface area contributed by atoms with Crippen LogP contribution in [0.15, 0.2) is 34.1 Å². The fourth-order valence-electron chi connectivity index (χ4n) is 1.65. The fraction of sp³-hybridized carbons (Fsp3) is 0.231.